The van der Waals surface area contributed by atoms with Gasteiger partial charge in [-0.05, 0) is 44.2 Å². The predicted molar refractivity (Wildman–Crippen MR) is 116 cm³/mol. The molecule has 0 radical (unpaired) electrons. The number of carbonyl (C=O) groups excluding carboxylic acids is 2. The number of nitrogens with zero attached hydrogens (tertiary/aromatic N) is 2. The molecule has 2 aliphatic heterocycles. The maximum atomic E-state index is 13.3. The van der Waals surface area contributed by atoms with E-state index >= 15 is 0 Å². The van der Waals surface area contributed by atoms with Crippen molar-refractivity contribution in [3.05, 3.63) is 39.5 Å². The Labute approximate surface area is 182 Å². The molecule has 3 rings (SSSR count). The summed E-state index contributed by atoms with van der Waals surface area (Å²) >= 11 is 12.5. The highest BCUT2D eigenvalue weighted by molar-refractivity contribution is 6.41. The Kier molecular flexibility index (Phi) is 6.92. The zero-order chi connectivity index (χ0) is 21.3. The molecule has 0 bridgehead atoms. The number of ether oxygens (including phenoxy) is 1. The highest BCUT2D eigenvalue weighted by Crippen LogP contribution is 2.38. The van der Waals surface area contributed by atoms with Crippen LogP contribution in [0.2, 0.25) is 10.0 Å². The lowest BCUT2D eigenvalue weighted by molar-refractivity contribution is -0.138. The topological polar surface area (TPSA) is 49.9 Å². The molecular weight excluding hydrogens is 411 g/mol. The first-order chi connectivity index (χ1) is 13.7. The first-order valence-corrected chi connectivity index (χ1v) is 10.9. The van der Waals surface area contributed by atoms with Gasteiger partial charge in [-0.2, -0.15) is 0 Å². The van der Waals surface area contributed by atoms with Crippen LogP contribution < -0.4 is 0 Å². The van der Waals surface area contributed by atoms with E-state index < -0.39 is 0 Å². The molecular formula is C22H28Cl2N2O3. The molecule has 29 heavy (non-hydrogen) atoms. The Hall–Kier alpha value is -1.56. The van der Waals surface area contributed by atoms with Crippen molar-refractivity contribution in [3.63, 3.8) is 0 Å². The molecule has 0 aromatic heterocycles. The van der Waals surface area contributed by atoms with Gasteiger partial charge in [-0.1, -0.05) is 43.1 Å². The molecule has 0 spiro atoms. The Morgan fingerprint density at radius 2 is 1.76 bits per heavy atom. The van der Waals surface area contributed by atoms with E-state index in [2.05, 4.69) is 18.7 Å². The monoisotopic (exact) mass is 438 g/mol. The SMILES string of the molecule is CC1CC(C)CN(C2=C(c3ccc(Cl)cc3Cl)C(=O)N(CCOC(C)C)C2=O)C1. The normalized spacial score (nSPS) is 23.0. The fourth-order valence-electron chi connectivity index (χ4n) is 4.22. The van der Waals surface area contributed by atoms with Crippen LogP contribution in [0, 0.1) is 11.8 Å². The minimum Gasteiger partial charge on any atom is -0.377 e. The van der Waals surface area contributed by atoms with E-state index in [0.29, 0.717) is 45.3 Å². The number of piperidine rings is 1. The Morgan fingerprint density at radius 3 is 2.34 bits per heavy atom. The zero-order valence-electron chi connectivity index (χ0n) is 17.4. The molecule has 0 aliphatic carbocycles. The van der Waals surface area contributed by atoms with Crippen molar-refractivity contribution < 1.29 is 14.3 Å². The van der Waals surface area contributed by atoms with Crippen molar-refractivity contribution in [1.29, 1.82) is 0 Å². The van der Waals surface area contributed by atoms with Gasteiger partial charge >= 0.3 is 0 Å². The van der Waals surface area contributed by atoms with Gasteiger partial charge in [-0.25, -0.2) is 0 Å². The summed E-state index contributed by atoms with van der Waals surface area (Å²) in [5, 5.41) is 0.851. The molecule has 0 saturated carbocycles. The lowest BCUT2D eigenvalue weighted by Gasteiger charge is -2.37. The van der Waals surface area contributed by atoms with Crippen LogP contribution in [0.15, 0.2) is 23.9 Å². The molecule has 2 amide bonds. The van der Waals surface area contributed by atoms with E-state index in [1.54, 1.807) is 18.2 Å². The van der Waals surface area contributed by atoms with E-state index in [1.165, 1.54) is 4.90 Å². The maximum Gasteiger partial charge on any atom is 0.277 e. The van der Waals surface area contributed by atoms with E-state index in [-0.39, 0.29) is 24.5 Å². The molecule has 1 aromatic rings. The highest BCUT2D eigenvalue weighted by atomic mass is 35.5. The van der Waals surface area contributed by atoms with Gasteiger partial charge in [0.25, 0.3) is 11.8 Å². The van der Waals surface area contributed by atoms with E-state index in [0.717, 1.165) is 19.5 Å². The summed E-state index contributed by atoms with van der Waals surface area (Å²) in [6.07, 6.45) is 1.14. The molecule has 2 heterocycles. The first kappa shape index (κ1) is 22.1. The summed E-state index contributed by atoms with van der Waals surface area (Å²) in [6, 6.07) is 5.01. The summed E-state index contributed by atoms with van der Waals surface area (Å²) in [4.78, 5) is 30.0. The van der Waals surface area contributed by atoms with Gasteiger partial charge in [0.2, 0.25) is 0 Å². The molecule has 1 saturated heterocycles. The number of rotatable bonds is 6. The lowest BCUT2D eigenvalue weighted by atomic mass is 9.91. The summed E-state index contributed by atoms with van der Waals surface area (Å²) in [5.41, 5.74) is 1.35. The van der Waals surface area contributed by atoms with Crippen LogP contribution in [0.5, 0.6) is 0 Å². The molecule has 7 heteroatoms. The van der Waals surface area contributed by atoms with Crippen LogP contribution in [-0.4, -0.2) is 54.0 Å². The molecule has 2 aliphatic rings. The van der Waals surface area contributed by atoms with Crippen molar-refractivity contribution in [2.75, 3.05) is 26.2 Å². The van der Waals surface area contributed by atoms with Crippen LogP contribution in [-0.2, 0) is 14.3 Å². The number of halogens is 2. The molecule has 0 N–H and O–H groups in total. The number of hydrogen-bond acceptors (Lipinski definition) is 4. The molecule has 5 nitrogen and oxygen atoms in total. The third kappa shape index (κ3) is 4.79. The average Bonchev–Trinajstić information content (AvgIpc) is 2.85. The van der Waals surface area contributed by atoms with Crippen molar-refractivity contribution in [2.45, 2.75) is 40.2 Å². The predicted octanol–water partition coefficient (Wildman–Crippen LogP) is 4.48. The van der Waals surface area contributed by atoms with Crippen molar-refractivity contribution in [2.24, 2.45) is 11.8 Å². The van der Waals surface area contributed by atoms with Gasteiger partial charge in [-0.15, -0.1) is 0 Å². The Morgan fingerprint density at radius 1 is 1.10 bits per heavy atom. The van der Waals surface area contributed by atoms with Gasteiger partial charge in [-0.3, -0.25) is 14.5 Å². The number of hydrogen-bond donors (Lipinski definition) is 0. The third-order valence-electron chi connectivity index (χ3n) is 5.30. The van der Waals surface area contributed by atoms with Crippen molar-refractivity contribution in [1.82, 2.24) is 9.80 Å². The minimum atomic E-state index is -0.326. The van der Waals surface area contributed by atoms with Crippen LogP contribution in [0.1, 0.15) is 39.7 Å². The van der Waals surface area contributed by atoms with Crippen LogP contribution in [0.4, 0.5) is 0 Å². The third-order valence-corrected chi connectivity index (χ3v) is 5.84. The molecule has 2 unspecified atom stereocenters. The fraction of sp³-hybridized carbons (Fsp3) is 0.545. The van der Waals surface area contributed by atoms with Crippen LogP contribution >= 0.6 is 23.2 Å². The molecule has 1 aromatic carbocycles. The van der Waals surface area contributed by atoms with Gasteiger partial charge < -0.3 is 9.64 Å². The van der Waals surface area contributed by atoms with E-state index in [4.69, 9.17) is 27.9 Å². The maximum absolute atomic E-state index is 13.3. The second-order valence-electron chi connectivity index (χ2n) is 8.38. The second-order valence-corrected chi connectivity index (χ2v) is 9.22. The molecule has 1 fully saturated rings. The molecule has 158 valence electrons. The number of likely N-dealkylation sites (tertiary alicyclic amines) is 1. The summed E-state index contributed by atoms with van der Waals surface area (Å²) in [7, 11) is 0. The summed E-state index contributed by atoms with van der Waals surface area (Å²) in [6.45, 7) is 10.2. The second kappa shape index (κ2) is 9.07. The fourth-order valence-corrected chi connectivity index (χ4v) is 4.72. The first-order valence-electron chi connectivity index (χ1n) is 10.1. The Bertz CT molecular complexity index is 827. The van der Waals surface area contributed by atoms with E-state index in [1.807, 2.05) is 13.8 Å². The number of benzene rings is 1. The highest BCUT2D eigenvalue weighted by Gasteiger charge is 2.43. The van der Waals surface area contributed by atoms with Crippen molar-refractivity contribution in [3.8, 4) is 0 Å². The van der Waals surface area contributed by atoms with Gasteiger partial charge in [0.15, 0.2) is 0 Å². The summed E-state index contributed by atoms with van der Waals surface area (Å²) in [5.74, 6) is 0.279. The number of carbonyl (C=O) groups is 2. The van der Waals surface area contributed by atoms with Crippen LogP contribution in [0.25, 0.3) is 5.57 Å². The lowest BCUT2D eigenvalue weighted by Crippen LogP contribution is -2.42. The van der Waals surface area contributed by atoms with E-state index in [9.17, 15) is 9.59 Å². The van der Waals surface area contributed by atoms with Crippen LogP contribution in [0.3, 0.4) is 0 Å². The van der Waals surface area contributed by atoms with Gasteiger partial charge in [0.05, 0.1) is 29.9 Å². The number of amides is 2. The van der Waals surface area contributed by atoms with Crippen molar-refractivity contribution >= 4 is 40.6 Å². The Balaban J connectivity index is 2.02. The van der Waals surface area contributed by atoms with Gasteiger partial charge in [0, 0.05) is 23.7 Å². The quantitative estimate of drug-likeness (QED) is 0.614. The standard InChI is InChI=1S/C22H28Cl2N2O3/c1-13(2)29-8-7-26-21(27)19(17-6-5-16(23)10-18(17)24)20(22(26)28)25-11-14(3)9-15(4)12-25/h5-6,10,13-15H,7-9,11-12H2,1-4H3. The minimum absolute atomic E-state index is 0.0317. The average molecular weight is 439 g/mol. The zero-order valence-corrected chi connectivity index (χ0v) is 18.9. The van der Waals surface area contributed by atoms with Gasteiger partial charge in [0.1, 0.15) is 5.70 Å². The smallest absolute Gasteiger partial charge is 0.277 e. The number of imide groups is 1. The molecule has 2 atom stereocenters. The largest absolute Gasteiger partial charge is 0.377 e. The summed E-state index contributed by atoms with van der Waals surface area (Å²) < 4.78 is 5.57.